The van der Waals surface area contributed by atoms with Gasteiger partial charge in [-0.25, -0.2) is 8.42 Å². The van der Waals surface area contributed by atoms with Gasteiger partial charge in [-0.3, -0.25) is 9.59 Å². The summed E-state index contributed by atoms with van der Waals surface area (Å²) in [6.07, 6.45) is 2.61. The molecule has 0 radical (unpaired) electrons. The van der Waals surface area contributed by atoms with E-state index in [4.69, 9.17) is 0 Å². The maximum atomic E-state index is 12.9. The van der Waals surface area contributed by atoms with Gasteiger partial charge in [-0.15, -0.1) is 0 Å². The highest BCUT2D eigenvalue weighted by molar-refractivity contribution is 7.88. The van der Waals surface area contributed by atoms with Crippen LogP contribution in [0.15, 0.2) is 54.6 Å². The molecule has 1 heterocycles. The van der Waals surface area contributed by atoms with Gasteiger partial charge in [-0.2, -0.15) is 4.31 Å². The normalized spacial score (nSPS) is 15.4. The van der Waals surface area contributed by atoms with Crippen LogP contribution in [0.5, 0.6) is 0 Å². The fourth-order valence-corrected chi connectivity index (χ4v) is 4.09. The molecule has 1 atom stereocenters. The van der Waals surface area contributed by atoms with Gasteiger partial charge in [-0.1, -0.05) is 54.6 Å². The lowest BCUT2D eigenvalue weighted by molar-refractivity contribution is -0.128. The number of hydrogen-bond donors (Lipinski definition) is 1. The summed E-state index contributed by atoms with van der Waals surface area (Å²) in [6, 6.07) is 15.6. The molecule has 0 aromatic heterocycles. The van der Waals surface area contributed by atoms with E-state index >= 15 is 0 Å². The number of nitrogens with one attached hydrogen (secondary N) is 1. The number of nitrogens with zero attached hydrogens (tertiary/aromatic N) is 2. The van der Waals surface area contributed by atoms with Crippen molar-refractivity contribution in [3.8, 4) is 0 Å². The Bertz CT molecular complexity index is 991. The van der Waals surface area contributed by atoms with Crippen LogP contribution >= 0.6 is 0 Å². The Balaban J connectivity index is 1.65. The molecule has 2 aromatic carbocycles. The first kappa shape index (κ1) is 22.0. The summed E-state index contributed by atoms with van der Waals surface area (Å²) in [7, 11) is -2.16. The lowest BCUT2D eigenvalue weighted by Gasteiger charge is -2.25. The van der Waals surface area contributed by atoms with E-state index in [-0.39, 0.29) is 18.4 Å². The van der Waals surface area contributed by atoms with Crippen molar-refractivity contribution < 1.29 is 18.0 Å². The Hall–Kier alpha value is -2.71. The molecule has 0 bridgehead atoms. The summed E-state index contributed by atoms with van der Waals surface area (Å²) in [4.78, 5) is 26.5. The minimum atomic E-state index is -3.56. The Morgan fingerprint density at radius 3 is 2.30 bits per heavy atom. The molecule has 30 heavy (non-hydrogen) atoms. The Kier molecular flexibility index (Phi) is 6.89. The van der Waals surface area contributed by atoms with Crippen LogP contribution in [0.4, 0.5) is 0 Å². The molecule has 1 unspecified atom stereocenters. The van der Waals surface area contributed by atoms with Crippen LogP contribution in [0.2, 0.25) is 0 Å². The molecule has 2 amide bonds. The number of sulfonamides is 1. The second kappa shape index (κ2) is 9.40. The van der Waals surface area contributed by atoms with Gasteiger partial charge in [0.05, 0.1) is 6.26 Å². The van der Waals surface area contributed by atoms with Gasteiger partial charge < -0.3 is 10.2 Å². The number of carbonyl (C=O) groups excluding carboxylic acids is 2. The molecule has 3 rings (SSSR count). The maximum Gasteiger partial charge on any atom is 0.243 e. The highest BCUT2D eigenvalue weighted by Crippen LogP contribution is 2.22. The average Bonchev–Trinajstić information content (AvgIpc) is 3.12. The lowest BCUT2D eigenvalue weighted by Crippen LogP contribution is -2.41. The zero-order valence-corrected chi connectivity index (χ0v) is 18.1. The van der Waals surface area contributed by atoms with Crippen LogP contribution in [0.25, 0.3) is 0 Å². The zero-order chi connectivity index (χ0) is 21.7. The predicted molar refractivity (Wildman–Crippen MR) is 115 cm³/mol. The van der Waals surface area contributed by atoms with E-state index in [1.54, 1.807) is 24.3 Å². The van der Waals surface area contributed by atoms with Crippen LogP contribution < -0.4 is 5.32 Å². The van der Waals surface area contributed by atoms with Crippen molar-refractivity contribution in [1.82, 2.24) is 14.5 Å². The number of amides is 2. The van der Waals surface area contributed by atoms with Gasteiger partial charge in [-0.05, 0) is 23.1 Å². The molecule has 1 N–H and O–H groups in total. The molecule has 7 nitrogen and oxygen atoms in total. The van der Waals surface area contributed by atoms with Crippen molar-refractivity contribution in [3.63, 3.8) is 0 Å². The Morgan fingerprint density at radius 1 is 1.10 bits per heavy atom. The van der Waals surface area contributed by atoms with Crippen molar-refractivity contribution in [2.45, 2.75) is 32.0 Å². The molecule has 0 spiro atoms. The number of benzene rings is 2. The number of rotatable bonds is 8. The van der Waals surface area contributed by atoms with Crippen molar-refractivity contribution in [2.24, 2.45) is 0 Å². The second-order valence-electron chi connectivity index (χ2n) is 7.55. The number of carbonyl (C=O) groups is 2. The third-order valence-corrected chi connectivity index (χ3v) is 6.54. The summed E-state index contributed by atoms with van der Waals surface area (Å²) >= 11 is 0. The SMILES string of the molecule is CN(C(C(=O)NCc1ccc(CN2CCCC2=O)cc1)c1ccccc1)S(C)(=O)=O. The molecule has 1 aliphatic heterocycles. The fourth-order valence-electron chi connectivity index (χ4n) is 3.49. The minimum absolute atomic E-state index is 0.188. The van der Waals surface area contributed by atoms with Crippen LogP contribution in [0.3, 0.4) is 0 Å². The lowest BCUT2D eigenvalue weighted by atomic mass is 10.1. The van der Waals surface area contributed by atoms with Crippen LogP contribution in [0, 0.1) is 0 Å². The molecule has 8 heteroatoms. The molecular formula is C22H27N3O4S. The van der Waals surface area contributed by atoms with E-state index in [1.165, 1.54) is 7.05 Å². The third-order valence-electron chi connectivity index (χ3n) is 5.28. The Morgan fingerprint density at radius 2 is 1.73 bits per heavy atom. The molecule has 0 aliphatic carbocycles. The van der Waals surface area contributed by atoms with E-state index in [0.717, 1.165) is 34.7 Å². The van der Waals surface area contributed by atoms with Gasteiger partial charge in [0.15, 0.2) is 0 Å². The van der Waals surface area contributed by atoms with Gasteiger partial charge in [0.2, 0.25) is 21.8 Å². The number of hydrogen-bond acceptors (Lipinski definition) is 4. The van der Waals surface area contributed by atoms with Gasteiger partial charge in [0, 0.05) is 33.1 Å². The highest BCUT2D eigenvalue weighted by atomic mass is 32.2. The van der Waals surface area contributed by atoms with Crippen molar-refractivity contribution in [1.29, 1.82) is 0 Å². The average molecular weight is 430 g/mol. The topological polar surface area (TPSA) is 86.8 Å². The molecule has 1 saturated heterocycles. The summed E-state index contributed by atoms with van der Waals surface area (Å²) in [6.45, 7) is 1.68. The molecular weight excluding hydrogens is 402 g/mol. The summed E-state index contributed by atoms with van der Waals surface area (Å²) in [5.41, 5.74) is 2.54. The van der Waals surface area contributed by atoms with E-state index in [1.807, 2.05) is 35.2 Å². The smallest absolute Gasteiger partial charge is 0.243 e. The first-order valence-electron chi connectivity index (χ1n) is 9.87. The van der Waals surface area contributed by atoms with E-state index in [9.17, 15) is 18.0 Å². The quantitative estimate of drug-likeness (QED) is 0.696. The standard InChI is InChI=1S/C22H27N3O4S/c1-24(30(2,28)29)21(19-7-4-3-5-8-19)22(27)23-15-17-10-12-18(13-11-17)16-25-14-6-9-20(25)26/h3-5,7-8,10-13,21H,6,9,14-16H2,1-2H3,(H,23,27). The van der Waals surface area contributed by atoms with Gasteiger partial charge in [0.1, 0.15) is 6.04 Å². The number of likely N-dealkylation sites (tertiary alicyclic amines) is 1. The molecule has 0 saturated carbocycles. The predicted octanol–water partition coefficient (Wildman–Crippen LogP) is 2.06. The van der Waals surface area contributed by atoms with Crippen molar-refractivity contribution >= 4 is 21.8 Å². The molecule has 160 valence electrons. The minimum Gasteiger partial charge on any atom is -0.350 e. The van der Waals surface area contributed by atoms with Crippen LogP contribution in [-0.2, 0) is 32.7 Å². The Labute approximate surface area is 177 Å². The monoisotopic (exact) mass is 429 g/mol. The second-order valence-corrected chi connectivity index (χ2v) is 9.59. The third kappa shape index (κ3) is 5.46. The maximum absolute atomic E-state index is 12.9. The van der Waals surface area contributed by atoms with E-state index in [2.05, 4.69) is 5.32 Å². The first-order valence-corrected chi connectivity index (χ1v) is 11.7. The molecule has 1 fully saturated rings. The highest BCUT2D eigenvalue weighted by Gasteiger charge is 2.30. The summed E-state index contributed by atoms with van der Waals surface area (Å²) in [5, 5.41) is 2.84. The largest absolute Gasteiger partial charge is 0.350 e. The zero-order valence-electron chi connectivity index (χ0n) is 17.2. The fraction of sp³-hybridized carbons (Fsp3) is 0.364. The van der Waals surface area contributed by atoms with Gasteiger partial charge in [0.25, 0.3) is 0 Å². The van der Waals surface area contributed by atoms with Crippen LogP contribution in [-0.4, -0.2) is 49.3 Å². The number of likely N-dealkylation sites (N-methyl/N-ethyl adjacent to an activating group) is 1. The van der Waals surface area contributed by atoms with E-state index < -0.39 is 16.1 Å². The summed E-state index contributed by atoms with van der Waals surface area (Å²) in [5.74, 6) is -0.200. The van der Waals surface area contributed by atoms with Crippen molar-refractivity contribution in [2.75, 3.05) is 19.8 Å². The van der Waals surface area contributed by atoms with Gasteiger partial charge >= 0.3 is 0 Å². The molecule has 2 aromatic rings. The first-order chi connectivity index (χ1) is 14.3. The van der Waals surface area contributed by atoms with Crippen LogP contribution in [0.1, 0.15) is 35.6 Å². The van der Waals surface area contributed by atoms with E-state index in [0.29, 0.717) is 18.5 Å². The van der Waals surface area contributed by atoms with Crippen molar-refractivity contribution in [3.05, 3.63) is 71.3 Å². The molecule has 1 aliphatic rings. The summed E-state index contributed by atoms with van der Waals surface area (Å²) < 4.78 is 25.2.